The predicted molar refractivity (Wildman–Crippen MR) is 134 cm³/mol. The highest BCUT2D eigenvalue weighted by molar-refractivity contribution is 7.90. The average molecular weight is 506 g/mol. The van der Waals surface area contributed by atoms with Crippen molar-refractivity contribution in [2.45, 2.75) is 50.7 Å². The van der Waals surface area contributed by atoms with Gasteiger partial charge in [0.1, 0.15) is 0 Å². The summed E-state index contributed by atoms with van der Waals surface area (Å²) >= 11 is 0. The van der Waals surface area contributed by atoms with Crippen LogP contribution in [-0.2, 0) is 16.6 Å². The number of hydrogen-bond acceptors (Lipinski definition) is 5. The molecule has 2 aromatic rings. The van der Waals surface area contributed by atoms with Gasteiger partial charge in [-0.25, -0.2) is 0 Å². The Hall–Kier alpha value is -1.42. The molecule has 180 valence electrons. The molecule has 0 radical (unpaired) electrons. The number of nitrogens with one attached hydrogen (secondary N) is 2. The summed E-state index contributed by atoms with van der Waals surface area (Å²) < 4.78 is 29.5. The fourth-order valence-corrected chi connectivity index (χ4v) is 4.94. The summed E-state index contributed by atoms with van der Waals surface area (Å²) in [6.07, 6.45) is 8.78. The summed E-state index contributed by atoms with van der Waals surface area (Å²) in [5.74, 6) is 0. The van der Waals surface area contributed by atoms with E-state index in [0.29, 0.717) is 18.8 Å². The normalized spacial score (nSPS) is 15.5. The van der Waals surface area contributed by atoms with Gasteiger partial charge in [0.05, 0.1) is 6.10 Å². The van der Waals surface area contributed by atoms with Crippen molar-refractivity contribution in [2.24, 2.45) is 0 Å². The minimum absolute atomic E-state index is 0. The van der Waals surface area contributed by atoms with Gasteiger partial charge in [-0.05, 0) is 49.6 Å². The fourth-order valence-electron chi connectivity index (χ4n) is 3.76. The minimum Gasteiger partial charge on any atom is -0.387 e. The fraction of sp³-hybridized carbons (Fsp3) is 0.500. The van der Waals surface area contributed by atoms with Gasteiger partial charge in [-0.2, -0.15) is 12.7 Å². The zero-order chi connectivity index (χ0) is 21.4. The topological polar surface area (TPSA) is 94.6 Å². The molecule has 3 rings (SSSR count). The van der Waals surface area contributed by atoms with Gasteiger partial charge in [-0.15, -0.1) is 24.8 Å². The molecular weight excluding hydrogens is 471 g/mol. The first kappa shape index (κ1) is 28.6. The zero-order valence-corrected chi connectivity index (χ0v) is 20.8. The second-order valence-electron chi connectivity index (χ2n) is 7.87. The van der Waals surface area contributed by atoms with E-state index in [4.69, 9.17) is 0 Å². The van der Waals surface area contributed by atoms with E-state index in [1.165, 1.54) is 10.7 Å². The Morgan fingerprint density at radius 3 is 2.44 bits per heavy atom. The van der Waals surface area contributed by atoms with Crippen LogP contribution in [0.3, 0.4) is 0 Å². The third-order valence-electron chi connectivity index (χ3n) is 5.67. The molecule has 0 unspecified atom stereocenters. The van der Waals surface area contributed by atoms with E-state index in [1.54, 1.807) is 37.6 Å². The molecule has 1 atom stereocenters. The lowest BCUT2D eigenvalue weighted by atomic mass is 9.96. The Bertz CT molecular complexity index is 880. The number of hydrogen-bond donors (Lipinski definition) is 3. The first-order valence-corrected chi connectivity index (χ1v) is 12.0. The largest absolute Gasteiger partial charge is 0.387 e. The van der Waals surface area contributed by atoms with Gasteiger partial charge in [0.2, 0.25) is 0 Å². The van der Waals surface area contributed by atoms with Gasteiger partial charge in [0, 0.05) is 43.3 Å². The highest BCUT2D eigenvalue weighted by Gasteiger charge is 2.27. The van der Waals surface area contributed by atoms with E-state index in [2.05, 4.69) is 15.0 Å². The van der Waals surface area contributed by atoms with Crippen molar-refractivity contribution < 1.29 is 13.5 Å². The predicted octanol–water partition coefficient (Wildman–Crippen LogP) is 3.71. The number of anilines is 1. The van der Waals surface area contributed by atoms with Gasteiger partial charge in [-0.3, -0.25) is 9.71 Å². The molecule has 3 N–H and O–H groups in total. The Labute approximate surface area is 204 Å². The smallest absolute Gasteiger partial charge is 0.301 e. The standard InChI is InChI=1S/C22H32N4O3S.2ClH/c1-26(21-7-3-2-4-8-21)30(28,29)25-20-11-9-18(10-12-20)13-15-24-17-22(27)19-6-5-14-23-16-19;;/h5-6,9-12,14,16,21-22,24-25,27H,2-4,7-8,13,15,17H2,1H3;2*1H/t22-;;/m0../s1. The van der Waals surface area contributed by atoms with Crippen LogP contribution >= 0.6 is 24.8 Å². The lowest BCUT2D eigenvalue weighted by molar-refractivity contribution is 0.174. The molecule has 1 heterocycles. The van der Waals surface area contributed by atoms with Crippen LogP contribution in [0.5, 0.6) is 0 Å². The van der Waals surface area contributed by atoms with Crippen molar-refractivity contribution in [3.05, 3.63) is 59.9 Å². The van der Waals surface area contributed by atoms with Crippen molar-refractivity contribution in [1.82, 2.24) is 14.6 Å². The number of pyridine rings is 1. The van der Waals surface area contributed by atoms with Crippen molar-refractivity contribution >= 4 is 40.7 Å². The quantitative estimate of drug-likeness (QED) is 0.428. The molecule has 0 amide bonds. The molecule has 1 fully saturated rings. The molecule has 0 saturated heterocycles. The summed E-state index contributed by atoms with van der Waals surface area (Å²) in [6, 6.07) is 11.2. The number of aromatic nitrogens is 1. The van der Waals surface area contributed by atoms with Crippen LogP contribution in [-0.4, -0.2) is 49.0 Å². The Balaban J connectivity index is 0.00000256. The lowest BCUT2D eigenvalue weighted by Gasteiger charge is -2.30. The molecule has 0 spiro atoms. The minimum atomic E-state index is -3.54. The second kappa shape index (κ2) is 14.0. The van der Waals surface area contributed by atoms with Gasteiger partial charge in [-0.1, -0.05) is 37.5 Å². The summed E-state index contributed by atoms with van der Waals surface area (Å²) in [6.45, 7) is 1.17. The molecule has 7 nitrogen and oxygen atoms in total. The van der Waals surface area contributed by atoms with Crippen molar-refractivity contribution in [2.75, 3.05) is 24.9 Å². The van der Waals surface area contributed by atoms with Crippen LogP contribution in [0.1, 0.15) is 49.3 Å². The van der Waals surface area contributed by atoms with Crippen LogP contribution in [0.25, 0.3) is 0 Å². The van der Waals surface area contributed by atoms with Crippen molar-refractivity contribution in [3.63, 3.8) is 0 Å². The van der Waals surface area contributed by atoms with Gasteiger partial charge in [0.15, 0.2) is 0 Å². The highest BCUT2D eigenvalue weighted by atomic mass is 35.5. The highest BCUT2D eigenvalue weighted by Crippen LogP contribution is 2.24. The first-order chi connectivity index (χ1) is 14.5. The molecule has 1 aromatic carbocycles. The van der Waals surface area contributed by atoms with Crippen LogP contribution < -0.4 is 10.0 Å². The lowest BCUT2D eigenvalue weighted by Crippen LogP contribution is -2.41. The van der Waals surface area contributed by atoms with E-state index in [0.717, 1.165) is 43.2 Å². The number of rotatable bonds is 10. The number of halogens is 2. The number of benzene rings is 1. The molecular formula is C22H34Cl2N4O3S. The van der Waals surface area contributed by atoms with Crippen molar-refractivity contribution in [3.8, 4) is 0 Å². The number of aliphatic hydroxyl groups excluding tert-OH is 1. The molecule has 0 bridgehead atoms. The molecule has 32 heavy (non-hydrogen) atoms. The summed E-state index contributed by atoms with van der Waals surface area (Å²) in [7, 11) is -1.88. The zero-order valence-electron chi connectivity index (χ0n) is 18.3. The summed E-state index contributed by atoms with van der Waals surface area (Å²) in [5.41, 5.74) is 2.46. The molecule has 1 aromatic heterocycles. The van der Waals surface area contributed by atoms with E-state index in [1.807, 2.05) is 18.2 Å². The maximum atomic E-state index is 12.7. The van der Waals surface area contributed by atoms with Gasteiger partial charge >= 0.3 is 10.2 Å². The average Bonchev–Trinajstić information content (AvgIpc) is 2.78. The van der Waals surface area contributed by atoms with Gasteiger partial charge in [0.25, 0.3) is 0 Å². The molecule has 0 aliphatic heterocycles. The van der Waals surface area contributed by atoms with Crippen LogP contribution in [0.2, 0.25) is 0 Å². The molecule has 1 saturated carbocycles. The third kappa shape index (κ3) is 8.50. The Kier molecular flexibility index (Phi) is 12.5. The summed E-state index contributed by atoms with van der Waals surface area (Å²) in [5, 5.41) is 13.4. The molecule has 1 aliphatic rings. The Morgan fingerprint density at radius 2 is 1.81 bits per heavy atom. The van der Waals surface area contributed by atoms with Crippen LogP contribution in [0.15, 0.2) is 48.8 Å². The first-order valence-electron chi connectivity index (χ1n) is 10.6. The maximum Gasteiger partial charge on any atom is 0.301 e. The number of aliphatic hydroxyl groups is 1. The Morgan fingerprint density at radius 1 is 1.12 bits per heavy atom. The van der Waals surface area contributed by atoms with E-state index in [9.17, 15) is 13.5 Å². The van der Waals surface area contributed by atoms with Crippen LogP contribution in [0.4, 0.5) is 5.69 Å². The molecule has 1 aliphatic carbocycles. The van der Waals surface area contributed by atoms with E-state index in [-0.39, 0.29) is 30.9 Å². The van der Waals surface area contributed by atoms with E-state index >= 15 is 0 Å². The van der Waals surface area contributed by atoms with Crippen molar-refractivity contribution in [1.29, 1.82) is 0 Å². The van der Waals surface area contributed by atoms with Gasteiger partial charge < -0.3 is 10.4 Å². The second-order valence-corrected chi connectivity index (χ2v) is 9.60. The van der Waals surface area contributed by atoms with E-state index < -0.39 is 16.3 Å². The SMILES string of the molecule is CN(C1CCCCC1)S(=O)(=O)Nc1ccc(CCNC[C@H](O)c2cccnc2)cc1.Cl.Cl. The summed E-state index contributed by atoms with van der Waals surface area (Å²) in [4.78, 5) is 4.01. The third-order valence-corrected chi connectivity index (χ3v) is 7.22. The maximum absolute atomic E-state index is 12.7. The molecule has 10 heteroatoms. The monoisotopic (exact) mass is 504 g/mol. The van der Waals surface area contributed by atoms with Crippen LogP contribution in [0, 0.1) is 0 Å². The number of nitrogens with zero attached hydrogens (tertiary/aromatic N) is 2.